The van der Waals surface area contributed by atoms with Gasteiger partial charge < -0.3 is 14.3 Å². The molecule has 1 aliphatic heterocycles. The highest BCUT2D eigenvalue weighted by Crippen LogP contribution is 2.37. The van der Waals surface area contributed by atoms with Gasteiger partial charge in [-0.25, -0.2) is 0 Å². The van der Waals surface area contributed by atoms with Crippen molar-refractivity contribution in [3.8, 4) is 0 Å². The monoisotopic (exact) mass is 311 g/mol. The molecule has 1 N–H and O–H groups in total. The number of halogens is 3. The molecule has 22 heavy (non-hydrogen) atoms. The van der Waals surface area contributed by atoms with Gasteiger partial charge in [-0.15, -0.1) is 0 Å². The van der Waals surface area contributed by atoms with E-state index in [4.69, 9.17) is 9.31 Å². The van der Waals surface area contributed by atoms with Gasteiger partial charge in [-0.2, -0.15) is 13.2 Å². The highest BCUT2D eigenvalue weighted by atomic mass is 19.4. The first-order valence-electron chi connectivity index (χ1n) is 7.06. The Labute approximate surface area is 126 Å². The molecular formula is C15H17BF3NO2. The molecule has 7 heteroatoms. The second-order valence-corrected chi connectivity index (χ2v) is 6.58. The number of hydrogen-bond acceptors (Lipinski definition) is 2. The maximum absolute atomic E-state index is 12.9. The van der Waals surface area contributed by atoms with E-state index in [0.717, 1.165) is 6.07 Å². The quantitative estimate of drug-likeness (QED) is 0.818. The summed E-state index contributed by atoms with van der Waals surface area (Å²) in [6.45, 7) is 7.63. The number of aromatic amines is 1. The van der Waals surface area contributed by atoms with Crippen LogP contribution in [0.2, 0.25) is 0 Å². The van der Waals surface area contributed by atoms with Crippen LogP contribution in [0.1, 0.15) is 33.4 Å². The van der Waals surface area contributed by atoms with Crippen molar-refractivity contribution < 1.29 is 22.5 Å². The van der Waals surface area contributed by atoms with Gasteiger partial charge in [0.25, 0.3) is 0 Å². The minimum Gasteiger partial charge on any atom is -0.399 e. The number of aromatic nitrogens is 1. The predicted octanol–water partition coefficient (Wildman–Crippen LogP) is 3.49. The van der Waals surface area contributed by atoms with Crippen molar-refractivity contribution >= 4 is 23.5 Å². The molecule has 1 saturated heterocycles. The van der Waals surface area contributed by atoms with Crippen molar-refractivity contribution in [1.29, 1.82) is 0 Å². The van der Waals surface area contributed by atoms with Crippen molar-refractivity contribution in [3.63, 3.8) is 0 Å². The lowest BCUT2D eigenvalue weighted by Gasteiger charge is -2.32. The summed E-state index contributed by atoms with van der Waals surface area (Å²) < 4.78 is 50.5. The Kier molecular flexibility index (Phi) is 3.17. The van der Waals surface area contributed by atoms with Gasteiger partial charge in [0.1, 0.15) is 5.69 Å². The largest absolute Gasteiger partial charge is 0.495 e. The first kappa shape index (κ1) is 15.4. The number of benzene rings is 1. The van der Waals surface area contributed by atoms with Gasteiger partial charge in [0, 0.05) is 5.52 Å². The number of alkyl halides is 3. The van der Waals surface area contributed by atoms with Crippen LogP contribution in [0.3, 0.4) is 0 Å². The van der Waals surface area contributed by atoms with Crippen molar-refractivity contribution in [3.05, 3.63) is 30.0 Å². The maximum Gasteiger partial charge on any atom is 0.495 e. The Morgan fingerprint density at radius 1 is 1.05 bits per heavy atom. The Morgan fingerprint density at radius 3 is 2.18 bits per heavy atom. The molecule has 1 aromatic heterocycles. The maximum atomic E-state index is 12.9. The van der Waals surface area contributed by atoms with Crippen LogP contribution >= 0.6 is 0 Å². The van der Waals surface area contributed by atoms with E-state index in [2.05, 4.69) is 4.98 Å². The minimum atomic E-state index is -4.41. The summed E-state index contributed by atoms with van der Waals surface area (Å²) in [5, 5.41) is 0.466. The van der Waals surface area contributed by atoms with Crippen molar-refractivity contribution in [2.24, 2.45) is 0 Å². The summed E-state index contributed by atoms with van der Waals surface area (Å²) in [6.07, 6.45) is -4.41. The van der Waals surface area contributed by atoms with Gasteiger partial charge in [0.15, 0.2) is 0 Å². The van der Waals surface area contributed by atoms with Gasteiger partial charge in [-0.05, 0) is 50.7 Å². The Balaban J connectivity index is 2.07. The molecule has 3 rings (SSSR count). The molecule has 0 radical (unpaired) electrons. The summed E-state index contributed by atoms with van der Waals surface area (Å²) >= 11 is 0. The van der Waals surface area contributed by atoms with Crippen LogP contribution in [-0.4, -0.2) is 23.3 Å². The van der Waals surface area contributed by atoms with E-state index in [-0.39, 0.29) is 0 Å². The molecule has 118 valence electrons. The summed E-state index contributed by atoms with van der Waals surface area (Å²) in [7, 11) is -0.689. The highest BCUT2D eigenvalue weighted by molar-refractivity contribution is 6.65. The smallest absolute Gasteiger partial charge is 0.399 e. The fourth-order valence-electron chi connectivity index (χ4n) is 2.51. The second-order valence-electron chi connectivity index (χ2n) is 6.58. The van der Waals surface area contributed by atoms with Crippen LogP contribution in [0.15, 0.2) is 24.3 Å². The van der Waals surface area contributed by atoms with Gasteiger partial charge in [-0.3, -0.25) is 0 Å². The van der Waals surface area contributed by atoms with E-state index >= 15 is 0 Å². The van der Waals surface area contributed by atoms with E-state index < -0.39 is 30.2 Å². The van der Waals surface area contributed by atoms with Gasteiger partial charge in [0.05, 0.1) is 11.2 Å². The summed E-state index contributed by atoms with van der Waals surface area (Å²) in [4.78, 5) is 2.40. The van der Waals surface area contributed by atoms with Crippen molar-refractivity contribution in [1.82, 2.24) is 4.98 Å². The Hall–Kier alpha value is -1.47. The molecule has 0 unspecified atom stereocenters. The third kappa shape index (κ3) is 2.32. The Bertz CT molecular complexity index is 705. The SMILES string of the molecule is CC1(C)OB(c2cccc3[nH]c(C(F)(F)F)cc23)OC1(C)C. The third-order valence-electron chi connectivity index (χ3n) is 4.51. The van der Waals surface area contributed by atoms with Crippen molar-refractivity contribution in [2.45, 2.75) is 45.1 Å². The highest BCUT2D eigenvalue weighted by Gasteiger charge is 2.52. The zero-order valence-corrected chi connectivity index (χ0v) is 12.8. The molecule has 1 fully saturated rings. The molecule has 3 nitrogen and oxygen atoms in total. The fraction of sp³-hybridized carbons (Fsp3) is 0.467. The zero-order chi connectivity index (χ0) is 16.3. The number of fused-ring (bicyclic) bond motifs is 1. The number of hydrogen-bond donors (Lipinski definition) is 1. The molecule has 1 aromatic carbocycles. The molecule has 2 heterocycles. The van der Waals surface area contributed by atoms with Crippen LogP contribution in [0, 0.1) is 0 Å². The standard InChI is InChI=1S/C15H17BF3NO2/c1-13(2)14(3,4)22-16(21-13)10-6-5-7-11-9(10)8-12(20-11)15(17,18)19/h5-8,20H,1-4H3. The van der Waals surface area contributed by atoms with Crippen LogP contribution in [-0.2, 0) is 15.5 Å². The first-order valence-corrected chi connectivity index (χ1v) is 7.06. The molecule has 0 atom stereocenters. The number of H-pyrrole nitrogens is 1. The van der Waals surface area contributed by atoms with Gasteiger partial charge in [-0.1, -0.05) is 12.1 Å². The minimum absolute atomic E-state index is 0.416. The van der Waals surface area contributed by atoms with Crippen LogP contribution in [0.25, 0.3) is 10.9 Å². The predicted molar refractivity (Wildman–Crippen MR) is 79.0 cm³/mol. The summed E-state index contributed by atoms with van der Waals surface area (Å²) in [5.74, 6) is 0. The molecule has 0 bridgehead atoms. The molecule has 0 spiro atoms. The lowest BCUT2D eigenvalue weighted by atomic mass is 9.77. The molecule has 1 aliphatic rings. The van der Waals surface area contributed by atoms with Crippen LogP contribution in [0.5, 0.6) is 0 Å². The van der Waals surface area contributed by atoms with Gasteiger partial charge in [0.2, 0.25) is 0 Å². The lowest BCUT2D eigenvalue weighted by Crippen LogP contribution is -2.41. The normalized spacial score (nSPS) is 20.8. The Morgan fingerprint density at radius 2 is 1.64 bits per heavy atom. The van der Waals surface area contributed by atoms with E-state index in [1.807, 2.05) is 27.7 Å². The second kappa shape index (κ2) is 4.52. The lowest BCUT2D eigenvalue weighted by molar-refractivity contribution is -0.140. The zero-order valence-electron chi connectivity index (χ0n) is 12.8. The topological polar surface area (TPSA) is 34.2 Å². The van der Waals surface area contributed by atoms with Gasteiger partial charge >= 0.3 is 13.3 Å². The molecule has 0 aliphatic carbocycles. The van der Waals surface area contributed by atoms with Crippen LogP contribution < -0.4 is 5.46 Å². The number of nitrogens with one attached hydrogen (secondary N) is 1. The average molecular weight is 311 g/mol. The van der Waals surface area contributed by atoms with Crippen LogP contribution in [0.4, 0.5) is 13.2 Å². The average Bonchev–Trinajstić information content (AvgIpc) is 2.88. The third-order valence-corrected chi connectivity index (χ3v) is 4.51. The first-order chi connectivity index (χ1) is 10.0. The molecule has 0 amide bonds. The molecular weight excluding hydrogens is 294 g/mol. The molecule has 2 aromatic rings. The molecule has 0 saturated carbocycles. The summed E-state index contributed by atoms with van der Waals surface area (Å²) in [6, 6.07) is 6.15. The number of rotatable bonds is 1. The summed E-state index contributed by atoms with van der Waals surface area (Å²) in [5.41, 5.74) is -0.833. The van der Waals surface area contributed by atoms with E-state index in [1.54, 1.807) is 18.2 Å². The van der Waals surface area contributed by atoms with E-state index in [9.17, 15) is 13.2 Å². The fourth-order valence-corrected chi connectivity index (χ4v) is 2.51. The van der Waals surface area contributed by atoms with Crippen molar-refractivity contribution in [2.75, 3.05) is 0 Å². The van der Waals surface area contributed by atoms with E-state index in [1.165, 1.54) is 0 Å². The van der Waals surface area contributed by atoms with E-state index in [0.29, 0.717) is 16.4 Å².